The third-order valence-corrected chi connectivity index (χ3v) is 5.67. The molecule has 0 saturated carbocycles. The zero-order valence-electron chi connectivity index (χ0n) is 19.5. The van der Waals surface area contributed by atoms with Gasteiger partial charge in [0.25, 0.3) is 0 Å². The summed E-state index contributed by atoms with van der Waals surface area (Å²) < 4.78 is 0. The summed E-state index contributed by atoms with van der Waals surface area (Å²) in [6, 6.07) is -4.70. The van der Waals surface area contributed by atoms with Crippen LogP contribution in [0.1, 0.15) is 57.8 Å². The molecule has 14 nitrogen and oxygen atoms in total. The topological polar surface area (TPSA) is 242 Å². The van der Waals surface area contributed by atoms with Crippen molar-refractivity contribution in [3.8, 4) is 0 Å². The quantitative estimate of drug-likeness (QED) is 0.116. The molecule has 1 saturated heterocycles. The molecule has 14 heteroatoms. The fourth-order valence-corrected chi connectivity index (χ4v) is 3.74. The number of carboxylic acids is 3. The molecule has 0 spiro atoms. The van der Waals surface area contributed by atoms with E-state index in [2.05, 4.69) is 10.6 Å². The van der Waals surface area contributed by atoms with Gasteiger partial charge in [0.15, 0.2) is 0 Å². The van der Waals surface area contributed by atoms with Gasteiger partial charge < -0.3 is 42.3 Å². The average Bonchev–Trinajstić information content (AvgIpc) is 3.29. The van der Waals surface area contributed by atoms with Crippen molar-refractivity contribution in [3.63, 3.8) is 0 Å². The number of nitrogens with zero attached hydrogens (tertiary/aromatic N) is 1. The highest BCUT2D eigenvalue weighted by atomic mass is 16.4. The third kappa shape index (κ3) is 10.3. The summed E-state index contributed by atoms with van der Waals surface area (Å²) in [5, 5.41) is 32.0. The molecule has 198 valence electrons. The largest absolute Gasteiger partial charge is 0.481 e. The van der Waals surface area contributed by atoms with Crippen molar-refractivity contribution in [2.45, 2.75) is 82.0 Å². The van der Waals surface area contributed by atoms with E-state index in [9.17, 15) is 33.9 Å². The van der Waals surface area contributed by atoms with Crippen LogP contribution in [0.15, 0.2) is 0 Å². The van der Waals surface area contributed by atoms with E-state index < -0.39 is 66.2 Å². The van der Waals surface area contributed by atoms with Crippen molar-refractivity contribution < 1.29 is 44.1 Å². The summed E-state index contributed by atoms with van der Waals surface area (Å²) in [5.41, 5.74) is 11.2. The standard InChI is InChI=1S/C21H35N5O9/c22-10-2-1-4-14(20(33)26-11-3-5-15(26)21(34)35)25-19(32)13(7-9-17(29)30)24-18(31)12(23)6-8-16(27)28/h12-15H,1-11,22-23H2,(H,24,31)(H,25,32)(H,27,28)(H,29,30)(H,34,35). The average molecular weight is 502 g/mol. The van der Waals surface area contributed by atoms with E-state index in [1.54, 1.807) is 0 Å². The molecule has 0 aromatic carbocycles. The summed E-state index contributed by atoms with van der Waals surface area (Å²) in [6.45, 7) is 0.568. The maximum absolute atomic E-state index is 13.1. The first-order chi connectivity index (χ1) is 16.5. The second kappa shape index (κ2) is 14.9. The number of carbonyl (C=O) groups excluding carboxylic acids is 3. The minimum absolute atomic E-state index is 0.169. The Hall–Kier alpha value is -3.26. The van der Waals surface area contributed by atoms with E-state index in [1.165, 1.54) is 4.90 Å². The number of aliphatic carboxylic acids is 3. The number of nitrogens with two attached hydrogens (primary N) is 2. The molecule has 1 rings (SSSR count). The number of unbranched alkanes of at least 4 members (excludes halogenated alkanes) is 1. The molecule has 1 heterocycles. The van der Waals surface area contributed by atoms with Crippen LogP contribution in [0, 0.1) is 0 Å². The molecule has 0 bridgehead atoms. The van der Waals surface area contributed by atoms with Gasteiger partial charge in [0, 0.05) is 19.4 Å². The molecule has 9 N–H and O–H groups in total. The van der Waals surface area contributed by atoms with Crippen molar-refractivity contribution in [2.24, 2.45) is 11.5 Å². The second-order valence-corrected chi connectivity index (χ2v) is 8.41. The SMILES string of the molecule is NCCCCC(NC(=O)C(CCC(=O)O)NC(=O)C(N)CCC(=O)O)C(=O)N1CCCC1C(=O)O. The van der Waals surface area contributed by atoms with Gasteiger partial charge in [-0.2, -0.15) is 0 Å². The molecule has 0 aromatic rings. The van der Waals surface area contributed by atoms with Crippen LogP contribution in [0.2, 0.25) is 0 Å². The molecule has 35 heavy (non-hydrogen) atoms. The highest BCUT2D eigenvalue weighted by Gasteiger charge is 2.38. The Morgan fingerprint density at radius 3 is 2.03 bits per heavy atom. The van der Waals surface area contributed by atoms with Gasteiger partial charge >= 0.3 is 17.9 Å². The van der Waals surface area contributed by atoms with Crippen LogP contribution in [0.5, 0.6) is 0 Å². The number of nitrogens with one attached hydrogen (secondary N) is 2. The molecule has 1 aliphatic heterocycles. The van der Waals surface area contributed by atoms with Crippen LogP contribution >= 0.6 is 0 Å². The number of hydrogen-bond acceptors (Lipinski definition) is 8. The summed E-state index contributed by atoms with van der Waals surface area (Å²) in [6.07, 6.45) is 0.630. The van der Waals surface area contributed by atoms with Gasteiger partial charge in [-0.3, -0.25) is 24.0 Å². The van der Waals surface area contributed by atoms with E-state index in [0.29, 0.717) is 25.8 Å². The molecule has 0 aromatic heterocycles. The van der Waals surface area contributed by atoms with Gasteiger partial charge in [-0.1, -0.05) is 0 Å². The molecular weight excluding hydrogens is 466 g/mol. The zero-order valence-corrected chi connectivity index (χ0v) is 19.5. The van der Waals surface area contributed by atoms with Crippen molar-refractivity contribution in [1.29, 1.82) is 0 Å². The van der Waals surface area contributed by atoms with Gasteiger partial charge in [0.1, 0.15) is 18.1 Å². The highest BCUT2D eigenvalue weighted by molar-refractivity contribution is 5.94. The lowest BCUT2D eigenvalue weighted by atomic mass is 10.0. The van der Waals surface area contributed by atoms with Gasteiger partial charge in [-0.15, -0.1) is 0 Å². The first-order valence-corrected chi connectivity index (χ1v) is 11.5. The maximum Gasteiger partial charge on any atom is 0.326 e. The predicted octanol–water partition coefficient (Wildman–Crippen LogP) is -1.78. The second-order valence-electron chi connectivity index (χ2n) is 8.41. The lowest BCUT2D eigenvalue weighted by Gasteiger charge is -2.29. The molecule has 4 atom stereocenters. The lowest BCUT2D eigenvalue weighted by Crippen LogP contribution is -2.57. The fourth-order valence-electron chi connectivity index (χ4n) is 3.74. The summed E-state index contributed by atoms with van der Waals surface area (Å²) >= 11 is 0. The summed E-state index contributed by atoms with van der Waals surface area (Å²) in [5.74, 6) is -5.78. The van der Waals surface area contributed by atoms with Crippen molar-refractivity contribution in [2.75, 3.05) is 13.1 Å². The number of carboxylic acid groups (broad SMARTS) is 3. The van der Waals surface area contributed by atoms with Crippen molar-refractivity contribution in [3.05, 3.63) is 0 Å². The van der Waals surface area contributed by atoms with Gasteiger partial charge in [0.05, 0.1) is 6.04 Å². The van der Waals surface area contributed by atoms with Crippen molar-refractivity contribution in [1.82, 2.24) is 15.5 Å². The summed E-state index contributed by atoms with van der Waals surface area (Å²) in [7, 11) is 0. The molecule has 3 amide bonds. The number of rotatable bonds is 16. The van der Waals surface area contributed by atoms with Crippen LogP contribution in [-0.2, 0) is 28.8 Å². The van der Waals surface area contributed by atoms with Gasteiger partial charge in [0.2, 0.25) is 17.7 Å². The molecule has 0 aliphatic carbocycles. The monoisotopic (exact) mass is 501 g/mol. The first kappa shape index (κ1) is 29.8. The van der Waals surface area contributed by atoms with Gasteiger partial charge in [-0.05, 0) is 51.5 Å². The molecule has 4 unspecified atom stereocenters. The minimum Gasteiger partial charge on any atom is -0.481 e. The molecule has 0 radical (unpaired) electrons. The summed E-state index contributed by atoms with van der Waals surface area (Å²) in [4.78, 5) is 72.9. The van der Waals surface area contributed by atoms with Crippen LogP contribution in [0.25, 0.3) is 0 Å². The van der Waals surface area contributed by atoms with E-state index >= 15 is 0 Å². The fraction of sp³-hybridized carbons (Fsp3) is 0.714. The normalized spacial score (nSPS) is 17.8. The van der Waals surface area contributed by atoms with E-state index in [1.807, 2.05) is 0 Å². The Kier molecular flexibility index (Phi) is 12.7. The van der Waals surface area contributed by atoms with E-state index in [0.717, 1.165) is 0 Å². The van der Waals surface area contributed by atoms with Crippen LogP contribution < -0.4 is 22.1 Å². The molecule has 1 fully saturated rings. The Morgan fingerprint density at radius 2 is 1.46 bits per heavy atom. The maximum atomic E-state index is 13.1. The highest BCUT2D eigenvalue weighted by Crippen LogP contribution is 2.20. The van der Waals surface area contributed by atoms with Crippen LogP contribution in [-0.4, -0.2) is 93.1 Å². The number of hydrogen-bond donors (Lipinski definition) is 7. The molecule has 1 aliphatic rings. The zero-order chi connectivity index (χ0) is 26.5. The van der Waals surface area contributed by atoms with E-state index in [-0.39, 0.29) is 38.6 Å². The number of carbonyl (C=O) groups is 6. The first-order valence-electron chi connectivity index (χ1n) is 11.5. The van der Waals surface area contributed by atoms with Crippen LogP contribution in [0.3, 0.4) is 0 Å². The minimum atomic E-state index is -1.35. The third-order valence-electron chi connectivity index (χ3n) is 5.67. The predicted molar refractivity (Wildman–Crippen MR) is 121 cm³/mol. The Labute approximate surface area is 202 Å². The van der Waals surface area contributed by atoms with Gasteiger partial charge in [-0.25, -0.2) is 4.79 Å². The Bertz CT molecular complexity index is 791. The Morgan fingerprint density at radius 1 is 0.857 bits per heavy atom. The number of likely N-dealkylation sites (tertiary alicyclic amines) is 1. The Balaban J connectivity index is 2.99. The van der Waals surface area contributed by atoms with Crippen LogP contribution in [0.4, 0.5) is 0 Å². The van der Waals surface area contributed by atoms with Crippen molar-refractivity contribution >= 4 is 35.6 Å². The lowest BCUT2D eigenvalue weighted by molar-refractivity contribution is -0.149. The smallest absolute Gasteiger partial charge is 0.326 e. The van der Waals surface area contributed by atoms with E-state index in [4.69, 9.17) is 21.7 Å². The number of amides is 3. The molecular formula is C21H35N5O9.